The number of aryl methyl sites for hydroxylation is 3. The van der Waals surface area contributed by atoms with Crippen molar-refractivity contribution in [1.82, 2.24) is 9.38 Å². The van der Waals surface area contributed by atoms with Crippen LogP contribution in [-0.2, 0) is 11.2 Å². The molecule has 0 saturated heterocycles. The van der Waals surface area contributed by atoms with E-state index in [1.807, 2.05) is 48.0 Å². The van der Waals surface area contributed by atoms with Gasteiger partial charge in [-0.2, -0.15) is 0 Å². The Morgan fingerprint density at radius 3 is 2.59 bits per heavy atom. The Labute approximate surface area is 162 Å². The first-order valence-electron chi connectivity index (χ1n) is 8.89. The topological polar surface area (TPSA) is 46.4 Å². The molecule has 0 spiro atoms. The number of hydrogen-bond acceptors (Lipinski definition) is 3. The monoisotopic (exact) mass is 375 g/mol. The average molecular weight is 375 g/mol. The Hall–Kier alpha value is -2.92. The van der Waals surface area contributed by atoms with Gasteiger partial charge in [-0.25, -0.2) is 4.98 Å². The van der Waals surface area contributed by atoms with E-state index in [4.69, 9.17) is 4.98 Å². The third-order valence-electron chi connectivity index (χ3n) is 4.64. The van der Waals surface area contributed by atoms with Crippen LogP contribution in [0.5, 0.6) is 0 Å². The molecule has 2 heterocycles. The number of nitrogens with zero attached hydrogens (tertiary/aromatic N) is 2. The van der Waals surface area contributed by atoms with E-state index in [0.717, 1.165) is 38.7 Å². The molecule has 0 bridgehead atoms. The highest BCUT2D eigenvalue weighted by atomic mass is 32.1. The van der Waals surface area contributed by atoms with Gasteiger partial charge in [0, 0.05) is 28.5 Å². The molecule has 1 N–H and O–H groups in total. The maximum Gasteiger partial charge on any atom is 0.230 e. The van der Waals surface area contributed by atoms with Crippen molar-refractivity contribution in [1.29, 1.82) is 0 Å². The predicted molar refractivity (Wildman–Crippen MR) is 111 cm³/mol. The summed E-state index contributed by atoms with van der Waals surface area (Å²) in [6.07, 6.45) is 2.33. The first-order chi connectivity index (χ1) is 13.0. The van der Waals surface area contributed by atoms with E-state index in [1.54, 1.807) is 11.3 Å². The Bertz CT molecular complexity index is 1120. The number of carbonyl (C=O) groups is 1. The standard InChI is InChI=1S/C22H21N3OS/c1-14-5-8-17(9-6-14)20-12-25-18(13-27-22(25)24-20)11-21(26)23-19-10-15(2)4-7-16(19)3/h4-10,12-13H,11H2,1-3H3,(H,23,26). The molecule has 1 amide bonds. The number of fused-ring (bicyclic) bond motifs is 1. The van der Waals surface area contributed by atoms with Crippen LogP contribution < -0.4 is 5.32 Å². The Morgan fingerprint density at radius 1 is 1.07 bits per heavy atom. The Kier molecular flexibility index (Phi) is 4.54. The van der Waals surface area contributed by atoms with Crippen molar-refractivity contribution in [3.8, 4) is 11.3 Å². The normalized spacial score (nSPS) is 11.1. The molecule has 4 nitrogen and oxygen atoms in total. The first-order valence-corrected chi connectivity index (χ1v) is 9.77. The molecule has 0 saturated carbocycles. The van der Waals surface area contributed by atoms with Gasteiger partial charge in [0.15, 0.2) is 4.96 Å². The number of benzene rings is 2. The van der Waals surface area contributed by atoms with Crippen molar-refractivity contribution in [2.45, 2.75) is 27.2 Å². The molecule has 4 aromatic rings. The minimum atomic E-state index is -0.0195. The summed E-state index contributed by atoms with van der Waals surface area (Å²) in [4.78, 5) is 18.2. The molecule has 136 valence electrons. The molecular formula is C22H21N3OS. The number of imidazole rings is 1. The van der Waals surface area contributed by atoms with E-state index in [2.05, 4.69) is 36.5 Å². The van der Waals surface area contributed by atoms with Gasteiger partial charge in [-0.3, -0.25) is 9.20 Å². The van der Waals surface area contributed by atoms with Gasteiger partial charge in [0.05, 0.1) is 12.1 Å². The number of aromatic nitrogens is 2. The number of nitrogens with one attached hydrogen (secondary N) is 1. The lowest BCUT2D eigenvalue weighted by Crippen LogP contribution is -2.16. The van der Waals surface area contributed by atoms with Gasteiger partial charge < -0.3 is 5.32 Å². The van der Waals surface area contributed by atoms with Crippen molar-refractivity contribution in [3.05, 3.63) is 76.4 Å². The largest absolute Gasteiger partial charge is 0.326 e. The fourth-order valence-corrected chi connectivity index (χ4v) is 3.92. The molecular weight excluding hydrogens is 354 g/mol. The van der Waals surface area contributed by atoms with E-state index in [0.29, 0.717) is 6.42 Å². The number of anilines is 1. The number of carbonyl (C=O) groups excluding carboxylic acids is 1. The Balaban J connectivity index is 1.56. The third-order valence-corrected chi connectivity index (χ3v) is 5.53. The predicted octanol–water partition coefficient (Wildman–Crippen LogP) is 5.17. The van der Waals surface area contributed by atoms with Gasteiger partial charge >= 0.3 is 0 Å². The van der Waals surface area contributed by atoms with Crippen molar-refractivity contribution < 1.29 is 4.79 Å². The highest BCUT2D eigenvalue weighted by molar-refractivity contribution is 7.15. The van der Waals surface area contributed by atoms with E-state index in [1.165, 1.54) is 5.56 Å². The lowest BCUT2D eigenvalue weighted by molar-refractivity contribution is -0.115. The smallest absolute Gasteiger partial charge is 0.230 e. The number of thiazole rings is 1. The van der Waals surface area contributed by atoms with Crippen molar-refractivity contribution in [2.75, 3.05) is 5.32 Å². The van der Waals surface area contributed by atoms with Gasteiger partial charge in [0.1, 0.15) is 0 Å². The summed E-state index contributed by atoms with van der Waals surface area (Å²) in [7, 11) is 0. The zero-order valence-electron chi connectivity index (χ0n) is 15.6. The van der Waals surface area contributed by atoms with Crippen molar-refractivity contribution in [2.24, 2.45) is 0 Å². The summed E-state index contributed by atoms with van der Waals surface area (Å²) in [5, 5.41) is 5.03. The Morgan fingerprint density at radius 2 is 1.81 bits per heavy atom. The molecule has 0 aliphatic carbocycles. The van der Waals surface area contributed by atoms with Crippen LogP contribution in [0.4, 0.5) is 5.69 Å². The van der Waals surface area contributed by atoms with Crippen LogP contribution in [0.2, 0.25) is 0 Å². The summed E-state index contributed by atoms with van der Waals surface area (Å²) >= 11 is 1.56. The summed E-state index contributed by atoms with van der Waals surface area (Å²) in [5.41, 5.74) is 7.25. The number of hydrogen-bond donors (Lipinski definition) is 1. The molecule has 4 rings (SSSR count). The van der Waals surface area contributed by atoms with E-state index in [9.17, 15) is 4.79 Å². The first kappa shape index (κ1) is 17.5. The SMILES string of the molecule is Cc1ccc(-c2cn3c(CC(=O)Nc4cc(C)ccc4C)csc3n2)cc1. The highest BCUT2D eigenvalue weighted by Crippen LogP contribution is 2.24. The van der Waals surface area contributed by atoms with Gasteiger partial charge in [-0.1, -0.05) is 42.0 Å². The molecule has 2 aromatic heterocycles. The van der Waals surface area contributed by atoms with Crippen LogP contribution in [0.15, 0.2) is 54.0 Å². The lowest BCUT2D eigenvalue weighted by atomic mass is 10.1. The average Bonchev–Trinajstić information content (AvgIpc) is 3.21. The minimum absolute atomic E-state index is 0.0195. The molecule has 27 heavy (non-hydrogen) atoms. The van der Waals surface area contributed by atoms with E-state index in [-0.39, 0.29) is 5.91 Å². The van der Waals surface area contributed by atoms with E-state index < -0.39 is 0 Å². The van der Waals surface area contributed by atoms with Crippen LogP contribution >= 0.6 is 11.3 Å². The summed E-state index contributed by atoms with van der Waals surface area (Å²) < 4.78 is 2.02. The van der Waals surface area contributed by atoms with Crippen LogP contribution in [0, 0.1) is 20.8 Å². The maximum absolute atomic E-state index is 12.6. The van der Waals surface area contributed by atoms with Crippen LogP contribution in [0.25, 0.3) is 16.2 Å². The minimum Gasteiger partial charge on any atom is -0.326 e. The second kappa shape index (κ2) is 7.00. The molecule has 0 aliphatic heterocycles. The van der Waals surface area contributed by atoms with E-state index >= 15 is 0 Å². The summed E-state index contributed by atoms with van der Waals surface area (Å²) in [5.74, 6) is -0.0195. The quantitative estimate of drug-likeness (QED) is 0.535. The number of amides is 1. The second-order valence-electron chi connectivity index (χ2n) is 6.92. The lowest BCUT2D eigenvalue weighted by Gasteiger charge is -2.09. The molecule has 5 heteroatoms. The van der Waals surface area contributed by atoms with Gasteiger partial charge in [-0.15, -0.1) is 11.3 Å². The van der Waals surface area contributed by atoms with Crippen LogP contribution in [0.3, 0.4) is 0 Å². The van der Waals surface area contributed by atoms with Gasteiger partial charge in [0.2, 0.25) is 5.91 Å². The fraction of sp³-hybridized carbons (Fsp3) is 0.182. The molecule has 0 aliphatic rings. The third kappa shape index (κ3) is 3.64. The molecule has 2 aromatic carbocycles. The van der Waals surface area contributed by atoms with Crippen LogP contribution in [0.1, 0.15) is 22.4 Å². The molecule has 0 fully saturated rings. The second-order valence-corrected chi connectivity index (χ2v) is 7.75. The zero-order chi connectivity index (χ0) is 19.0. The number of rotatable bonds is 4. The summed E-state index contributed by atoms with van der Waals surface area (Å²) in [6, 6.07) is 14.4. The zero-order valence-corrected chi connectivity index (χ0v) is 16.4. The highest BCUT2D eigenvalue weighted by Gasteiger charge is 2.13. The van der Waals surface area contributed by atoms with Crippen LogP contribution in [-0.4, -0.2) is 15.3 Å². The fourth-order valence-electron chi connectivity index (χ4n) is 3.05. The maximum atomic E-state index is 12.6. The molecule has 0 atom stereocenters. The molecule has 0 radical (unpaired) electrons. The van der Waals surface area contributed by atoms with Crippen molar-refractivity contribution in [3.63, 3.8) is 0 Å². The molecule has 0 unspecified atom stereocenters. The van der Waals surface area contributed by atoms with Gasteiger partial charge in [0.25, 0.3) is 0 Å². The van der Waals surface area contributed by atoms with Gasteiger partial charge in [-0.05, 0) is 38.0 Å². The summed E-state index contributed by atoms with van der Waals surface area (Å²) in [6.45, 7) is 6.10. The van der Waals surface area contributed by atoms with Crippen molar-refractivity contribution >= 4 is 27.9 Å².